The molecule has 1 saturated heterocycles. The largest absolute Gasteiger partial charge is 0.494 e. The highest BCUT2D eigenvalue weighted by atomic mass is 79.9. The smallest absolute Gasteiger partial charge is 0.174 e. The summed E-state index contributed by atoms with van der Waals surface area (Å²) in [6, 6.07) is 23.8. The molecule has 0 amide bonds. The number of furan rings is 1. The Morgan fingerprint density at radius 3 is 2.62 bits per heavy atom. The molecule has 0 radical (unpaired) electrons. The topological polar surface area (TPSA) is 50.5 Å². The second-order valence-electron chi connectivity index (χ2n) is 8.11. The SMILES string of the molecule is CCOc1ccc(N2C(=S)N[C@H](c3ccccn3)[C@@H]2c2ccc(-c3ccc(C)cc3Br)o2)cc1. The molecule has 2 atom stereocenters. The maximum atomic E-state index is 6.46. The first-order valence-corrected chi connectivity index (χ1v) is 12.3. The highest BCUT2D eigenvalue weighted by Crippen LogP contribution is 2.43. The van der Waals surface area contributed by atoms with Gasteiger partial charge in [0.1, 0.15) is 23.3 Å². The molecule has 34 heavy (non-hydrogen) atoms. The Hall–Kier alpha value is -3.16. The first-order valence-electron chi connectivity index (χ1n) is 11.1. The zero-order chi connectivity index (χ0) is 23.7. The highest BCUT2D eigenvalue weighted by Gasteiger charge is 2.42. The number of hydrogen-bond acceptors (Lipinski definition) is 4. The van der Waals surface area contributed by atoms with Crippen LogP contribution < -0.4 is 15.0 Å². The van der Waals surface area contributed by atoms with E-state index in [0.29, 0.717) is 11.7 Å². The molecule has 1 aliphatic heterocycles. The number of aryl methyl sites for hydroxylation is 1. The van der Waals surface area contributed by atoms with Gasteiger partial charge in [-0.1, -0.05) is 28.1 Å². The van der Waals surface area contributed by atoms with Crippen LogP contribution in [0.15, 0.2) is 87.9 Å². The van der Waals surface area contributed by atoms with Crippen LogP contribution in [-0.4, -0.2) is 16.7 Å². The van der Waals surface area contributed by atoms with E-state index in [1.54, 1.807) is 6.20 Å². The fourth-order valence-corrected chi connectivity index (χ4v) is 5.30. The van der Waals surface area contributed by atoms with Crippen molar-refractivity contribution in [3.63, 3.8) is 0 Å². The average molecular weight is 534 g/mol. The van der Waals surface area contributed by atoms with E-state index in [2.05, 4.69) is 56.3 Å². The molecule has 4 aromatic rings. The molecule has 0 unspecified atom stereocenters. The molecule has 0 saturated carbocycles. The molecule has 0 aliphatic carbocycles. The van der Waals surface area contributed by atoms with Crippen LogP contribution in [0.25, 0.3) is 11.3 Å². The number of rotatable bonds is 6. The van der Waals surface area contributed by atoms with Crippen LogP contribution in [0.1, 0.15) is 36.0 Å². The zero-order valence-electron chi connectivity index (χ0n) is 18.9. The molecule has 0 spiro atoms. The Kier molecular flexibility index (Phi) is 6.39. The summed E-state index contributed by atoms with van der Waals surface area (Å²) in [5, 5.41) is 4.09. The van der Waals surface area contributed by atoms with Crippen molar-refractivity contribution in [3.05, 3.63) is 100 Å². The molecule has 1 fully saturated rings. The predicted molar refractivity (Wildman–Crippen MR) is 142 cm³/mol. The Balaban J connectivity index is 1.57. The number of halogens is 1. The second-order valence-corrected chi connectivity index (χ2v) is 9.35. The lowest BCUT2D eigenvalue weighted by Gasteiger charge is -2.26. The number of hydrogen-bond donors (Lipinski definition) is 1. The van der Waals surface area contributed by atoms with Gasteiger partial charge in [-0.15, -0.1) is 0 Å². The summed E-state index contributed by atoms with van der Waals surface area (Å²) in [4.78, 5) is 6.70. The number of ether oxygens (including phenoxy) is 1. The van der Waals surface area contributed by atoms with E-state index in [4.69, 9.17) is 21.4 Å². The maximum absolute atomic E-state index is 6.46. The van der Waals surface area contributed by atoms with Crippen molar-refractivity contribution in [2.75, 3.05) is 11.5 Å². The van der Waals surface area contributed by atoms with Gasteiger partial charge in [0.15, 0.2) is 5.11 Å². The first-order chi connectivity index (χ1) is 16.5. The summed E-state index contributed by atoms with van der Waals surface area (Å²) in [6.45, 7) is 4.67. The quantitative estimate of drug-likeness (QED) is 0.269. The molecular weight excluding hydrogens is 510 g/mol. The summed E-state index contributed by atoms with van der Waals surface area (Å²) in [5.74, 6) is 2.43. The van der Waals surface area contributed by atoms with Crippen LogP contribution in [0.3, 0.4) is 0 Å². The molecule has 3 heterocycles. The van der Waals surface area contributed by atoms with Gasteiger partial charge < -0.3 is 19.4 Å². The number of benzene rings is 2. The Morgan fingerprint density at radius 2 is 1.91 bits per heavy atom. The van der Waals surface area contributed by atoms with E-state index < -0.39 is 0 Å². The van der Waals surface area contributed by atoms with E-state index in [0.717, 1.165) is 38.7 Å². The predicted octanol–water partition coefficient (Wildman–Crippen LogP) is 6.99. The van der Waals surface area contributed by atoms with Crippen LogP contribution in [0, 0.1) is 6.92 Å². The van der Waals surface area contributed by atoms with Gasteiger partial charge in [-0.25, -0.2) is 0 Å². The molecule has 1 N–H and O–H groups in total. The van der Waals surface area contributed by atoms with Crippen molar-refractivity contribution >= 4 is 38.9 Å². The molecule has 0 bridgehead atoms. The minimum Gasteiger partial charge on any atom is -0.494 e. The third-order valence-electron chi connectivity index (χ3n) is 5.83. The van der Waals surface area contributed by atoms with Gasteiger partial charge in [0.2, 0.25) is 0 Å². The standard InChI is InChI=1S/C27H24BrN3O2S/c1-3-32-19-10-8-18(9-11-19)31-26(25(30-27(31)34)22-6-4-5-15-29-22)24-14-13-23(33-24)20-12-7-17(2)16-21(20)28/h4-16,25-26H,3H2,1-2H3,(H,30,34)/t25-,26+/m1/s1. The number of nitrogens with one attached hydrogen (secondary N) is 1. The zero-order valence-corrected chi connectivity index (χ0v) is 21.3. The normalized spacial score (nSPS) is 17.6. The van der Waals surface area contributed by atoms with Gasteiger partial charge in [-0.05, 0) is 92.3 Å². The van der Waals surface area contributed by atoms with Crippen molar-refractivity contribution in [1.82, 2.24) is 10.3 Å². The van der Waals surface area contributed by atoms with Crippen LogP contribution >= 0.6 is 28.1 Å². The van der Waals surface area contributed by atoms with Crippen molar-refractivity contribution in [3.8, 4) is 17.1 Å². The fraction of sp³-hybridized carbons (Fsp3) is 0.185. The monoisotopic (exact) mass is 533 g/mol. The molecule has 5 rings (SSSR count). The van der Waals surface area contributed by atoms with Crippen molar-refractivity contribution in [2.24, 2.45) is 0 Å². The number of pyridine rings is 1. The number of thiocarbonyl (C=S) groups is 1. The molecule has 1 aliphatic rings. The van der Waals surface area contributed by atoms with Gasteiger partial charge in [0.25, 0.3) is 0 Å². The Morgan fingerprint density at radius 1 is 1.09 bits per heavy atom. The summed E-state index contributed by atoms with van der Waals surface area (Å²) >= 11 is 9.48. The number of nitrogens with zero attached hydrogens (tertiary/aromatic N) is 2. The van der Waals surface area contributed by atoms with E-state index in [1.807, 2.05) is 61.5 Å². The highest BCUT2D eigenvalue weighted by molar-refractivity contribution is 9.10. The second kappa shape index (κ2) is 9.60. The first kappa shape index (κ1) is 22.6. The van der Waals surface area contributed by atoms with E-state index in [1.165, 1.54) is 5.56 Å². The van der Waals surface area contributed by atoms with Crippen molar-refractivity contribution in [1.29, 1.82) is 0 Å². The van der Waals surface area contributed by atoms with Crippen LogP contribution in [0.4, 0.5) is 5.69 Å². The van der Waals surface area contributed by atoms with Gasteiger partial charge >= 0.3 is 0 Å². The van der Waals surface area contributed by atoms with E-state index in [-0.39, 0.29) is 12.1 Å². The van der Waals surface area contributed by atoms with Crippen LogP contribution in [0.2, 0.25) is 0 Å². The van der Waals surface area contributed by atoms with Gasteiger partial charge in [0.05, 0.1) is 18.3 Å². The lowest BCUT2D eigenvalue weighted by molar-refractivity contribution is 0.340. The van der Waals surface area contributed by atoms with Gasteiger partial charge in [-0.3, -0.25) is 4.98 Å². The van der Waals surface area contributed by atoms with Gasteiger partial charge in [-0.2, -0.15) is 0 Å². The van der Waals surface area contributed by atoms with E-state index >= 15 is 0 Å². The Labute approximate surface area is 212 Å². The summed E-state index contributed by atoms with van der Waals surface area (Å²) in [6.07, 6.45) is 1.80. The molecule has 2 aromatic carbocycles. The fourth-order valence-electron chi connectivity index (χ4n) is 4.27. The molecule has 7 heteroatoms. The summed E-state index contributed by atoms with van der Waals surface area (Å²) in [5.41, 5.74) is 4.05. The molecular formula is C27H24BrN3O2S. The number of anilines is 1. The summed E-state index contributed by atoms with van der Waals surface area (Å²) < 4.78 is 13.1. The molecule has 2 aromatic heterocycles. The maximum Gasteiger partial charge on any atom is 0.174 e. The van der Waals surface area contributed by atoms with E-state index in [9.17, 15) is 0 Å². The lowest BCUT2D eigenvalue weighted by Crippen LogP contribution is -2.29. The minimum atomic E-state index is -0.210. The summed E-state index contributed by atoms with van der Waals surface area (Å²) in [7, 11) is 0. The van der Waals surface area contributed by atoms with Gasteiger partial charge in [0, 0.05) is 21.9 Å². The lowest BCUT2D eigenvalue weighted by atomic mass is 10.0. The van der Waals surface area contributed by atoms with Crippen molar-refractivity contribution in [2.45, 2.75) is 25.9 Å². The van der Waals surface area contributed by atoms with Crippen LogP contribution in [-0.2, 0) is 0 Å². The Bertz CT molecular complexity index is 1310. The van der Waals surface area contributed by atoms with Crippen LogP contribution in [0.5, 0.6) is 5.75 Å². The van der Waals surface area contributed by atoms with Crippen molar-refractivity contribution < 1.29 is 9.15 Å². The number of aromatic nitrogens is 1. The molecule has 172 valence electrons. The average Bonchev–Trinajstić information content (AvgIpc) is 3.45. The molecule has 5 nitrogen and oxygen atoms in total. The minimum absolute atomic E-state index is 0.166. The third-order valence-corrected chi connectivity index (χ3v) is 6.80. The third kappa shape index (κ3) is 4.33.